The van der Waals surface area contributed by atoms with Crippen molar-refractivity contribution < 1.29 is 16.8 Å². The van der Waals surface area contributed by atoms with Crippen LogP contribution in [0.3, 0.4) is 0 Å². The number of aryl methyl sites for hydroxylation is 2. The fourth-order valence-electron chi connectivity index (χ4n) is 2.94. The molecule has 134 valence electrons. The van der Waals surface area contributed by atoms with Crippen LogP contribution in [-0.2, 0) is 39.4 Å². The molecule has 0 bridgehead atoms. The van der Waals surface area contributed by atoms with Crippen LogP contribution in [0.4, 0.5) is 0 Å². The van der Waals surface area contributed by atoms with E-state index in [4.69, 9.17) is 5.14 Å². The molecule has 25 heavy (non-hydrogen) atoms. The Kier molecular flexibility index (Phi) is 4.97. The summed E-state index contributed by atoms with van der Waals surface area (Å²) in [6.07, 6.45) is 4.14. The van der Waals surface area contributed by atoms with Crippen LogP contribution in [0.2, 0.25) is 0 Å². The molecular formula is C17H20N2O4S2. The zero-order chi connectivity index (χ0) is 18.1. The van der Waals surface area contributed by atoms with Gasteiger partial charge in [-0.1, -0.05) is 18.2 Å². The molecule has 0 atom stereocenters. The van der Waals surface area contributed by atoms with Crippen LogP contribution in [0.5, 0.6) is 0 Å². The summed E-state index contributed by atoms with van der Waals surface area (Å²) < 4.78 is 50.0. The summed E-state index contributed by atoms with van der Waals surface area (Å²) in [6.45, 7) is 0.0737. The smallest absolute Gasteiger partial charge is 0.225 e. The summed E-state index contributed by atoms with van der Waals surface area (Å²) >= 11 is 0. The van der Waals surface area contributed by atoms with E-state index in [1.165, 1.54) is 29.8 Å². The molecular weight excluding hydrogens is 360 g/mol. The molecule has 0 saturated carbocycles. The van der Waals surface area contributed by atoms with Gasteiger partial charge in [-0.25, -0.2) is 26.7 Å². The van der Waals surface area contributed by atoms with Crippen molar-refractivity contribution in [3.05, 3.63) is 59.2 Å². The lowest BCUT2D eigenvalue weighted by Gasteiger charge is -2.16. The van der Waals surface area contributed by atoms with Crippen molar-refractivity contribution in [3.63, 3.8) is 0 Å². The fourth-order valence-corrected chi connectivity index (χ4v) is 4.52. The normalized spacial score (nSPS) is 14.9. The topological polar surface area (TPSA) is 106 Å². The van der Waals surface area contributed by atoms with Crippen molar-refractivity contribution in [2.24, 2.45) is 5.14 Å². The Balaban J connectivity index is 1.74. The molecule has 0 heterocycles. The molecule has 0 amide bonds. The maximum absolute atomic E-state index is 12.5. The molecule has 3 rings (SSSR count). The van der Waals surface area contributed by atoms with Gasteiger partial charge in [-0.2, -0.15) is 0 Å². The minimum absolute atomic E-state index is 0.00575. The highest BCUT2D eigenvalue weighted by molar-refractivity contribution is 7.89. The predicted octanol–water partition coefficient (Wildman–Crippen LogP) is 1.69. The van der Waals surface area contributed by atoms with Gasteiger partial charge in [-0.3, -0.25) is 0 Å². The lowest BCUT2D eigenvalue weighted by molar-refractivity contribution is 0.580. The van der Waals surface area contributed by atoms with Gasteiger partial charge in [0.1, 0.15) is 0 Å². The maximum Gasteiger partial charge on any atom is 0.240 e. The summed E-state index contributed by atoms with van der Waals surface area (Å²) in [6, 6.07) is 11.1. The van der Waals surface area contributed by atoms with Gasteiger partial charge in [0.25, 0.3) is 0 Å². The van der Waals surface area contributed by atoms with E-state index < -0.39 is 20.0 Å². The number of nitrogens with two attached hydrogens (primary N) is 1. The lowest BCUT2D eigenvalue weighted by atomic mass is 9.92. The molecule has 0 fully saturated rings. The average Bonchev–Trinajstić information content (AvgIpc) is 2.59. The van der Waals surface area contributed by atoms with E-state index >= 15 is 0 Å². The van der Waals surface area contributed by atoms with Crippen molar-refractivity contribution in [1.82, 2.24) is 4.72 Å². The first-order chi connectivity index (χ1) is 11.8. The zero-order valence-corrected chi connectivity index (χ0v) is 15.2. The van der Waals surface area contributed by atoms with E-state index in [0.717, 1.165) is 31.2 Å². The van der Waals surface area contributed by atoms with Crippen molar-refractivity contribution in [2.45, 2.75) is 42.0 Å². The number of hydrogen-bond acceptors (Lipinski definition) is 4. The van der Waals surface area contributed by atoms with Gasteiger partial charge >= 0.3 is 0 Å². The van der Waals surface area contributed by atoms with Crippen molar-refractivity contribution in [3.8, 4) is 0 Å². The number of primary sulfonamides is 1. The third-order valence-electron chi connectivity index (χ3n) is 4.35. The van der Waals surface area contributed by atoms with Crippen LogP contribution >= 0.6 is 0 Å². The van der Waals surface area contributed by atoms with Crippen molar-refractivity contribution in [2.75, 3.05) is 0 Å². The molecule has 2 aromatic carbocycles. The number of benzene rings is 2. The van der Waals surface area contributed by atoms with E-state index in [2.05, 4.69) is 4.72 Å². The van der Waals surface area contributed by atoms with Crippen LogP contribution in [0.1, 0.15) is 29.5 Å². The van der Waals surface area contributed by atoms with Gasteiger partial charge in [-0.15, -0.1) is 0 Å². The van der Waals surface area contributed by atoms with Crippen LogP contribution in [0.15, 0.2) is 52.3 Å². The predicted molar refractivity (Wildman–Crippen MR) is 94.9 cm³/mol. The molecule has 0 radical (unpaired) electrons. The van der Waals surface area contributed by atoms with Crippen LogP contribution in [-0.4, -0.2) is 16.8 Å². The molecule has 0 spiro atoms. The van der Waals surface area contributed by atoms with Gasteiger partial charge in [0.05, 0.1) is 9.79 Å². The number of rotatable bonds is 5. The first-order valence-electron chi connectivity index (χ1n) is 7.99. The van der Waals surface area contributed by atoms with E-state index in [-0.39, 0.29) is 16.3 Å². The number of nitrogens with one attached hydrogen (secondary N) is 1. The molecule has 8 heteroatoms. The van der Waals surface area contributed by atoms with E-state index in [1.807, 2.05) is 6.07 Å². The number of sulfonamides is 2. The second-order valence-electron chi connectivity index (χ2n) is 6.15. The van der Waals surface area contributed by atoms with Crippen LogP contribution in [0, 0.1) is 0 Å². The van der Waals surface area contributed by atoms with E-state index in [0.29, 0.717) is 5.56 Å². The monoisotopic (exact) mass is 380 g/mol. The summed E-state index contributed by atoms with van der Waals surface area (Å²) in [5.41, 5.74) is 2.98. The molecule has 1 aliphatic carbocycles. The Hall–Kier alpha value is -1.74. The van der Waals surface area contributed by atoms with Crippen LogP contribution < -0.4 is 9.86 Å². The second kappa shape index (κ2) is 6.87. The minimum atomic E-state index is -3.75. The van der Waals surface area contributed by atoms with Crippen molar-refractivity contribution >= 4 is 20.0 Å². The second-order valence-corrected chi connectivity index (χ2v) is 9.48. The Morgan fingerprint density at radius 1 is 0.840 bits per heavy atom. The molecule has 0 unspecified atom stereocenters. The highest BCUT2D eigenvalue weighted by atomic mass is 32.2. The molecule has 6 nitrogen and oxygen atoms in total. The quantitative estimate of drug-likeness (QED) is 0.823. The zero-order valence-electron chi connectivity index (χ0n) is 13.6. The Morgan fingerprint density at radius 3 is 2.08 bits per heavy atom. The first-order valence-corrected chi connectivity index (χ1v) is 11.0. The Bertz CT molecular complexity index is 982. The summed E-state index contributed by atoms with van der Waals surface area (Å²) in [7, 11) is -7.38. The minimum Gasteiger partial charge on any atom is -0.225 e. The Labute approximate surface area is 148 Å². The van der Waals surface area contributed by atoms with Gasteiger partial charge in [0, 0.05) is 6.54 Å². The first kappa shape index (κ1) is 18.1. The molecule has 0 saturated heterocycles. The van der Waals surface area contributed by atoms with E-state index in [9.17, 15) is 16.8 Å². The third kappa shape index (κ3) is 4.27. The number of hydrogen-bond donors (Lipinski definition) is 2. The largest absolute Gasteiger partial charge is 0.240 e. The van der Waals surface area contributed by atoms with Gasteiger partial charge < -0.3 is 0 Å². The Morgan fingerprint density at radius 2 is 1.44 bits per heavy atom. The third-order valence-corrected chi connectivity index (χ3v) is 6.68. The summed E-state index contributed by atoms with van der Waals surface area (Å²) in [5.74, 6) is 0. The molecule has 0 aliphatic heterocycles. The SMILES string of the molecule is NS(=O)(=O)c1ccc(CNS(=O)(=O)c2ccc3c(c2)CCCC3)cc1. The highest BCUT2D eigenvalue weighted by Gasteiger charge is 2.17. The van der Waals surface area contributed by atoms with E-state index in [1.54, 1.807) is 12.1 Å². The fraction of sp³-hybridized carbons (Fsp3) is 0.294. The average molecular weight is 380 g/mol. The van der Waals surface area contributed by atoms with Gasteiger partial charge in [0.15, 0.2) is 0 Å². The van der Waals surface area contributed by atoms with Gasteiger partial charge in [0.2, 0.25) is 20.0 Å². The lowest BCUT2D eigenvalue weighted by Crippen LogP contribution is -2.23. The standard InChI is InChI=1S/C17H20N2O4S2/c18-24(20,21)16-8-5-13(6-9-16)12-19-25(22,23)17-10-7-14-3-1-2-4-15(14)11-17/h5-11,19H,1-4,12H2,(H2,18,20,21). The molecule has 1 aliphatic rings. The maximum atomic E-state index is 12.5. The van der Waals surface area contributed by atoms with Crippen LogP contribution in [0.25, 0.3) is 0 Å². The molecule has 3 N–H and O–H groups in total. The molecule has 2 aromatic rings. The molecule has 0 aromatic heterocycles. The highest BCUT2D eigenvalue weighted by Crippen LogP contribution is 2.24. The van der Waals surface area contributed by atoms with Crippen molar-refractivity contribution in [1.29, 1.82) is 0 Å². The number of fused-ring (bicyclic) bond motifs is 1. The summed E-state index contributed by atoms with van der Waals surface area (Å²) in [5, 5.41) is 5.04. The van der Waals surface area contributed by atoms with Gasteiger partial charge in [-0.05, 0) is 66.6 Å². The summed E-state index contributed by atoms with van der Waals surface area (Å²) in [4.78, 5) is 0.253.